The zero-order valence-electron chi connectivity index (χ0n) is 11.2. The molecular weight excluding hydrogens is 342 g/mol. The first-order chi connectivity index (χ1) is 9.45. The van der Waals surface area contributed by atoms with Crippen molar-refractivity contribution in [3.05, 3.63) is 28.7 Å². The molecule has 0 spiro atoms. The van der Waals surface area contributed by atoms with Gasteiger partial charge >= 0.3 is 0 Å². The Morgan fingerprint density at radius 3 is 2.50 bits per heavy atom. The van der Waals surface area contributed by atoms with E-state index in [2.05, 4.69) is 22.0 Å². The summed E-state index contributed by atoms with van der Waals surface area (Å²) in [7, 11) is -3.45. The highest BCUT2D eigenvalue weighted by molar-refractivity contribution is 9.10. The molecule has 1 atom stereocenters. The molecule has 1 saturated heterocycles. The molecule has 0 aliphatic carbocycles. The van der Waals surface area contributed by atoms with E-state index < -0.39 is 10.0 Å². The third-order valence-corrected chi connectivity index (χ3v) is 5.83. The van der Waals surface area contributed by atoms with Crippen molar-refractivity contribution in [1.82, 2.24) is 9.21 Å². The van der Waals surface area contributed by atoms with Crippen LogP contribution < -0.4 is 0 Å². The fourth-order valence-corrected chi connectivity index (χ4v) is 4.21. The van der Waals surface area contributed by atoms with Crippen molar-refractivity contribution < 1.29 is 8.42 Å². The van der Waals surface area contributed by atoms with Crippen molar-refractivity contribution in [2.75, 3.05) is 26.2 Å². The summed E-state index contributed by atoms with van der Waals surface area (Å²) in [6.45, 7) is 3.84. The maximum Gasteiger partial charge on any atom is 0.243 e. The van der Waals surface area contributed by atoms with E-state index in [4.69, 9.17) is 5.26 Å². The Morgan fingerprint density at radius 2 is 1.95 bits per heavy atom. The molecule has 5 nitrogen and oxygen atoms in total. The summed E-state index contributed by atoms with van der Waals surface area (Å²) in [6.07, 6.45) is 0. The van der Waals surface area contributed by atoms with Gasteiger partial charge < -0.3 is 0 Å². The molecule has 7 heteroatoms. The van der Waals surface area contributed by atoms with Gasteiger partial charge in [-0.2, -0.15) is 9.57 Å². The average molecular weight is 358 g/mol. The molecule has 1 aromatic carbocycles. The number of hydrogen-bond acceptors (Lipinski definition) is 4. The van der Waals surface area contributed by atoms with Crippen LogP contribution in [0.5, 0.6) is 0 Å². The van der Waals surface area contributed by atoms with Gasteiger partial charge in [0.1, 0.15) is 0 Å². The third-order valence-electron chi connectivity index (χ3n) is 3.44. The van der Waals surface area contributed by atoms with Gasteiger partial charge in [-0.3, -0.25) is 4.90 Å². The smallest absolute Gasteiger partial charge is 0.243 e. The Kier molecular flexibility index (Phi) is 4.81. The van der Waals surface area contributed by atoms with Crippen molar-refractivity contribution in [1.29, 1.82) is 5.26 Å². The van der Waals surface area contributed by atoms with Crippen LogP contribution in [0.3, 0.4) is 0 Å². The second kappa shape index (κ2) is 6.22. The lowest BCUT2D eigenvalue weighted by molar-refractivity contribution is 0.169. The van der Waals surface area contributed by atoms with Crippen molar-refractivity contribution in [2.24, 2.45) is 0 Å². The van der Waals surface area contributed by atoms with Crippen LogP contribution in [-0.4, -0.2) is 49.8 Å². The second-order valence-corrected chi connectivity index (χ2v) is 7.56. The average Bonchev–Trinajstić information content (AvgIpc) is 2.46. The van der Waals surface area contributed by atoms with Crippen LogP contribution in [0, 0.1) is 11.3 Å². The molecule has 0 amide bonds. The summed E-state index contributed by atoms with van der Waals surface area (Å²) in [5, 5.41) is 8.89. The first kappa shape index (κ1) is 15.4. The normalized spacial score (nSPS) is 19.4. The van der Waals surface area contributed by atoms with E-state index >= 15 is 0 Å². The highest BCUT2D eigenvalue weighted by Crippen LogP contribution is 2.21. The number of sulfonamides is 1. The molecule has 1 aromatic rings. The number of piperazine rings is 1. The van der Waals surface area contributed by atoms with Crippen LogP contribution in [0.15, 0.2) is 33.6 Å². The number of nitriles is 1. The molecule has 1 aliphatic rings. The van der Waals surface area contributed by atoms with Gasteiger partial charge in [0, 0.05) is 30.7 Å². The first-order valence-electron chi connectivity index (χ1n) is 6.34. The fourth-order valence-electron chi connectivity index (χ4n) is 2.19. The predicted molar refractivity (Wildman–Crippen MR) is 79.5 cm³/mol. The zero-order valence-corrected chi connectivity index (χ0v) is 13.6. The van der Waals surface area contributed by atoms with Gasteiger partial charge in [-0.25, -0.2) is 8.42 Å². The minimum atomic E-state index is -3.45. The largest absolute Gasteiger partial charge is 0.286 e. The van der Waals surface area contributed by atoms with Gasteiger partial charge in [-0.05, 0) is 25.1 Å². The fraction of sp³-hybridized carbons (Fsp3) is 0.462. The van der Waals surface area contributed by atoms with Gasteiger partial charge in [0.05, 0.1) is 17.0 Å². The molecule has 0 bridgehead atoms. The second-order valence-electron chi connectivity index (χ2n) is 4.70. The van der Waals surface area contributed by atoms with Crippen molar-refractivity contribution in [3.63, 3.8) is 0 Å². The van der Waals surface area contributed by atoms with Crippen molar-refractivity contribution in [3.8, 4) is 6.07 Å². The maximum absolute atomic E-state index is 12.5. The molecule has 1 fully saturated rings. The van der Waals surface area contributed by atoms with Crippen molar-refractivity contribution in [2.45, 2.75) is 17.9 Å². The number of rotatable bonds is 3. The highest BCUT2D eigenvalue weighted by atomic mass is 79.9. The molecule has 1 unspecified atom stereocenters. The molecule has 0 N–H and O–H groups in total. The van der Waals surface area contributed by atoms with Crippen LogP contribution in [0.4, 0.5) is 0 Å². The molecule has 0 saturated carbocycles. The molecule has 108 valence electrons. The monoisotopic (exact) mass is 357 g/mol. The minimum Gasteiger partial charge on any atom is -0.286 e. The van der Waals surface area contributed by atoms with E-state index in [9.17, 15) is 8.42 Å². The van der Waals surface area contributed by atoms with Gasteiger partial charge in [-0.1, -0.05) is 22.0 Å². The highest BCUT2D eigenvalue weighted by Gasteiger charge is 2.29. The van der Waals surface area contributed by atoms with Gasteiger partial charge in [-0.15, -0.1) is 0 Å². The molecule has 0 aromatic heterocycles. The lowest BCUT2D eigenvalue weighted by Crippen LogP contribution is -2.50. The third kappa shape index (κ3) is 3.20. The summed E-state index contributed by atoms with van der Waals surface area (Å²) in [4.78, 5) is 2.29. The SMILES string of the molecule is CC(C#N)N1CCN(S(=O)(=O)c2cccc(Br)c2)CC1. The quantitative estimate of drug-likeness (QED) is 0.825. The van der Waals surface area contributed by atoms with Gasteiger partial charge in [0.15, 0.2) is 0 Å². The van der Waals surface area contributed by atoms with Gasteiger partial charge in [0.2, 0.25) is 10.0 Å². The van der Waals surface area contributed by atoms with E-state index in [0.717, 1.165) is 4.47 Å². The summed E-state index contributed by atoms with van der Waals surface area (Å²) in [5.74, 6) is 0. The Labute approximate surface area is 128 Å². The number of nitrogens with zero attached hydrogens (tertiary/aromatic N) is 3. The summed E-state index contributed by atoms with van der Waals surface area (Å²) in [5.41, 5.74) is 0. The topological polar surface area (TPSA) is 64.4 Å². The maximum atomic E-state index is 12.5. The number of hydrogen-bond donors (Lipinski definition) is 0. The van der Waals surface area contributed by atoms with Crippen LogP contribution >= 0.6 is 15.9 Å². The van der Waals surface area contributed by atoms with E-state index in [1.54, 1.807) is 24.3 Å². The Bertz CT molecular complexity index is 619. The van der Waals surface area contributed by atoms with E-state index in [-0.39, 0.29) is 6.04 Å². The summed E-state index contributed by atoms with van der Waals surface area (Å²) < 4.78 is 27.2. The van der Waals surface area contributed by atoms with Crippen LogP contribution in [0.1, 0.15) is 6.92 Å². The van der Waals surface area contributed by atoms with E-state index in [0.29, 0.717) is 31.1 Å². The molecular formula is C13H16BrN3O2S. The summed E-state index contributed by atoms with van der Waals surface area (Å²) >= 11 is 3.29. The lowest BCUT2D eigenvalue weighted by atomic mass is 10.2. The van der Waals surface area contributed by atoms with E-state index in [1.807, 2.05) is 11.8 Å². The summed E-state index contributed by atoms with van der Waals surface area (Å²) in [6, 6.07) is 8.73. The van der Waals surface area contributed by atoms with Crippen LogP contribution in [0.2, 0.25) is 0 Å². The Balaban J connectivity index is 2.12. The van der Waals surface area contributed by atoms with E-state index in [1.165, 1.54) is 4.31 Å². The Morgan fingerprint density at radius 1 is 1.30 bits per heavy atom. The first-order valence-corrected chi connectivity index (χ1v) is 8.58. The predicted octanol–water partition coefficient (Wildman–Crippen LogP) is 1.67. The number of benzene rings is 1. The van der Waals surface area contributed by atoms with Gasteiger partial charge in [0.25, 0.3) is 0 Å². The lowest BCUT2D eigenvalue weighted by Gasteiger charge is -2.35. The molecule has 0 radical (unpaired) electrons. The molecule has 1 aliphatic heterocycles. The number of halogens is 1. The minimum absolute atomic E-state index is 0.175. The Hall–Kier alpha value is -0.940. The molecule has 2 rings (SSSR count). The zero-order chi connectivity index (χ0) is 14.8. The van der Waals surface area contributed by atoms with Crippen LogP contribution in [0.25, 0.3) is 0 Å². The molecule has 1 heterocycles. The molecule has 20 heavy (non-hydrogen) atoms. The van der Waals surface area contributed by atoms with Crippen molar-refractivity contribution >= 4 is 26.0 Å². The van der Waals surface area contributed by atoms with Crippen LogP contribution in [-0.2, 0) is 10.0 Å². The standard InChI is InChI=1S/C13H16BrN3O2S/c1-11(10-15)16-5-7-17(8-6-16)20(18,19)13-4-2-3-12(14)9-13/h2-4,9,11H,5-8H2,1H3.